The van der Waals surface area contributed by atoms with Gasteiger partial charge in [-0.3, -0.25) is 14.4 Å². The van der Waals surface area contributed by atoms with Gasteiger partial charge in [-0.15, -0.1) is 0 Å². The number of alkyl halides is 2. The first-order chi connectivity index (χ1) is 16.5. The van der Waals surface area contributed by atoms with E-state index in [0.29, 0.717) is 32.0 Å². The Morgan fingerprint density at radius 3 is 2.62 bits per heavy atom. The number of carbonyl (C=O) groups is 1. The molecule has 1 N–H and O–H groups in total. The van der Waals surface area contributed by atoms with Crippen molar-refractivity contribution in [3.05, 3.63) is 37.0 Å². The lowest BCUT2D eigenvalue weighted by atomic mass is 9.85. The topological polar surface area (TPSA) is 82.9 Å². The molecule has 0 aromatic carbocycles. The summed E-state index contributed by atoms with van der Waals surface area (Å²) in [4.78, 5) is 28.9. The largest absolute Gasteiger partial charge is 0.346 e. The molecule has 10 heteroatoms. The van der Waals surface area contributed by atoms with Crippen molar-refractivity contribution in [2.24, 2.45) is 5.92 Å². The van der Waals surface area contributed by atoms with Gasteiger partial charge in [-0.25, -0.2) is 18.7 Å². The number of rotatable bonds is 4. The van der Waals surface area contributed by atoms with Crippen LogP contribution in [0.15, 0.2) is 31.0 Å². The van der Waals surface area contributed by atoms with Crippen molar-refractivity contribution < 1.29 is 13.6 Å². The quantitative estimate of drug-likeness (QED) is 0.635. The molecule has 5 heterocycles. The van der Waals surface area contributed by atoms with Gasteiger partial charge < -0.3 is 9.88 Å². The van der Waals surface area contributed by atoms with E-state index in [2.05, 4.69) is 25.0 Å². The summed E-state index contributed by atoms with van der Waals surface area (Å²) in [6.45, 7) is 3.16. The molecule has 34 heavy (non-hydrogen) atoms. The van der Waals surface area contributed by atoms with Crippen molar-refractivity contribution in [1.29, 1.82) is 0 Å². The zero-order valence-corrected chi connectivity index (χ0v) is 19.0. The van der Waals surface area contributed by atoms with Gasteiger partial charge in [-0.1, -0.05) is 0 Å². The van der Waals surface area contributed by atoms with Crippen LogP contribution in [0.3, 0.4) is 0 Å². The molecule has 6 rings (SSSR count). The van der Waals surface area contributed by atoms with E-state index in [0.717, 1.165) is 48.2 Å². The summed E-state index contributed by atoms with van der Waals surface area (Å²) in [5, 5.41) is 5.54. The molecule has 1 aliphatic carbocycles. The summed E-state index contributed by atoms with van der Waals surface area (Å²) in [5.41, 5.74) is 2.64. The maximum Gasteiger partial charge on any atom is 0.248 e. The number of fused-ring (bicyclic) bond motifs is 1. The van der Waals surface area contributed by atoms with Crippen LogP contribution in [0, 0.1) is 12.0 Å². The number of amides is 1. The Bertz CT molecular complexity index is 1170. The van der Waals surface area contributed by atoms with Crippen LogP contribution in [0.5, 0.6) is 0 Å². The fourth-order valence-corrected chi connectivity index (χ4v) is 5.54. The SMILES string of the molecule is O=C(C1CCC(F)(F)CC1)N1CCC(N2C[C](n3cc(-c4ncnc5[nH]ccc45)cn3)C2)CC1. The molecule has 3 aromatic heterocycles. The average molecular weight is 469 g/mol. The molecule has 3 aliphatic rings. The van der Waals surface area contributed by atoms with Crippen LogP contribution >= 0.6 is 0 Å². The summed E-state index contributed by atoms with van der Waals surface area (Å²) in [6, 6.07) is 3.66. The Morgan fingerprint density at radius 1 is 1.09 bits per heavy atom. The highest BCUT2D eigenvalue weighted by Gasteiger charge is 2.41. The molecule has 1 radical (unpaired) electrons. The van der Waals surface area contributed by atoms with Crippen LogP contribution in [-0.4, -0.2) is 78.6 Å². The van der Waals surface area contributed by atoms with Gasteiger partial charge in [0.25, 0.3) is 0 Å². The van der Waals surface area contributed by atoms with Gasteiger partial charge in [0.2, 0.25) is 11.8 Å². The van der Waals surface area contributed by atoms with Gasteiger partial charge in [0, 0.05) is 74.3 Å². The van der Waals surface area contributed by atoms with E-state index in [9.17, 15) is 13.6 Å². The Labute approximate surface area is 196 Å². The Kier molecular flexibility index (Phi) is 5.35. The molecule has 2 saturated heterocycles. The van der Waals surface area contributed by atoms with Crippen molar-refractivity contribution in [3.63, 3.8) is 0 Å². The number of likely N-dealkylation sites (tertiary alicyclic amines) is 2. The summed E-state index contributed by atoms with van der Waals surface area (Å²) in [5.74, 6) is -2.74. The zero-order chi connectivity index (χ0) is 23.3. The minimum atomic E-state index is -2.59. The van der Waals surface area contributed by atoms with Crippen LogP contribution in [0.1, 0.15) is 38.5 Å². The molecule has 8 nitrogen and oxygen atoms in total. The van der Waals surface area contributed by atoms with Crippen molar-refractivity contribution in [2.75, 3.05) is 26.2 Å². The number of nitrogens with zero attached hydrogens (tertiary/aromatic N) is 6. The summed E-state index contributed by atoms with van der Waals surface area (Å²) in [6.07, 6.45) is 9.45. The number of aromatic nitrogens is 5. The van der Waals surface area contributed by atoms with Gasteiger partial charge in [0.1, 0.15) is 18.0 Å². The normalized spacial score (nSPS) is 22.8. The monoisotopic (exact) mass is 468 g/mol. The fourth-order valence-electron chi connectivity index (χ4n) is 5.54. The second-order valence-electron chi connectivity index (χ2n) is 9.79. The molecular weight excluding hydrogens is 440 g/mol. The molecule has 0 unspecified atom stereocenters. The second kappa shape index (κ2) is 8.41. The van der Waals surface area contributed by atoms with Crippen molar-refractivity contribution in [1.82, 2.24) is 34.5 Å². The van der Waals surface area contributed by atoms with Crippen LogP contribution in [0.4, 0.5) is 8.78 Å². The standard InChI is InChI=1S/C24H28F2N7O/c25-24(26)6-1-16(2-7-24)23(34)31-9-4-18(5-10-31)32-13-19(14-32)33-12-17(11-30-33)21-20-3-8-27-22(20)29-15-28-21/h3,8,11-12,15-16,18H,1-2,4-7,9-10,13-14H2,(H,27,28,29). The molecule has 0 atom stereocenters. The van der Waals surface area contributed by atoms with Crippen LogP contribution in [-0.2, 0) is 4.79 Å². The first-order valence-corrected chi connectivity index (χ1v) is 12.1. The number of H-pyrrole nitrogens is 1. The summed E-state index contributed by atoms with van der Waals surface area (Å²) in [7, 11) is 0. The first-order valence-electron chi connectivity index (χ1n) is 12.1. The zero-order valence-electron chi connectivity index (χ0n) is 19.0. The van der Waals surface area contributed by atoms with Crippen molar-refractivity contribution in [3.8, 4) is 11.3 Å². The molecular formula is C24H28F2N7O. The van der Waals surface area contributed by atoms with E-state index >= 15 is 0 Å². The number of nitrogens with one attached hydrogen (secondary N) is 1. The lowest BCUT2D eigenvalue weighted by Gasteiger charge is -2.46. The molecule has 1 amide bonds. The van der Waals surface area contributed by atoms with Crippen molar-refractivity contribution >= 4 is 16.9 Å². The number of aromatic amines is 1. The maximum absolute atomic E-state index is 13.4. The van der Waals surface area contributed by atoms with Gasteiger partial charge in [0.05, 0.1) is 11.9 Å². The van der Waals surface area contributed by atoms with Crippen LogP contribution in [0.2, 0.25) is 0 Å². The Balaban J connectivity index is 1.01. The molecule has 0 bridgehead atoms. The predicted octanol–water partition coefficient (Wildman–Crippen LogP) is 3.33. The minimum absolute atomic E-state index is 0.0788. The molecule has 0 spiro atoms. The van der Waals surface area contributed by atoms with Gasteiger partial charge in [0.15, 0.2) is 0 Å². The lowest BCUT2D eigenvalue weighted by Crippen LogP contribution is -2.57. The highest BCUT2D eigenvalue weighted by molar-refractivity contribution is 5.90. The minimum Gasteiger partial charge on any atom is -0.346 e. The van der Waals surface area contributed by atoms with E-state index in [1.807, 2.05) is 34.2 Å². The second-order valence-corrected chi connectivity index (χ2v) is 9.79. The van der Waals surface area contributed by atoms with Gasteiger partial charge in [-0.2, -0.15) is 5.10 Å². The Morgan fingerprint density at radius 2 is 1.85 bits per heavy atom. The summed E-state index contributed by atoms with van der Waals surface area (Å²) >= 11 is 0. The van der Waals surface area contributed by atoms with E-state index in [1.165, 1.54) is 6.04 Å². The third-order valence-electron chi connectivity index (χ3n) is 7.66. The van der Waals surface area contributed by atoms with Gasteiger partial charge in [-0.05, 0) is 31.7 Å². The molecule has 1 saturated carbocycles. The third kappa shape index (κ3) is 3.97. The smallest absolute Gasteiger partial charge is 0.248 e. The molecule has 179 valence electrons. The van der Waals surface area contributed by atoms with E-state index in [-0.39, 0.29) is 24.7 Å². The fraction of sp³-hybridized carbons (Fsp3) is 0.542. The molecule has 3 fully saturated rings. The highest BCUT2D eigenvalue weighted by Crippen LogP contribution is 2.37. The number of piperidine rings is 1. The van der Waals surface area contributed by atoms with Gasteiger partial charge >= 0.3 is 0 Å². The molecule has 2 aliphatic heterocycles. The lowest BCUT2D eigenvalue weighted by molar-refractivity contribution is -0.141. The third-order valence-corrected chi connectivity index (χ3v) is 7.66. The number of hydrogen-bond acceptors (Lipinski definition) is 5. The number of carbonyl (C=O) groups excluding carboxylic acids is 1. The van der Waals surface area contributed by atoms with Crippen LogP contribution < -0.4 is 0 Å². The Hall–Kier alpha value is -2.88. The summed E-state index contributed by atoms with van der Waals surface area (Å²) < 4.78 is 28.8. The first kappa shape index (κ1) is 21.6. The van der Waals surface area contributed by atoms with E-state index < -0.39 is 5.92 Å². The van der Waals surface area contributed by atoms with Crippen molar-refractivity contribution in [2.45, 2.75) is 50.5 Å². The number of hydrogen-bond donors (Lipinski definition) is 1. The van der Waals surface area contributed by atoms with E-state index in [1.54, 1.807) is 6.33 Å². The van der Waals surface area contributed by atoms with Crippen LogP contribution in [0.25, 0.3) is 22.3 Å². The maximum atomic E-state index is 13.4. The highest BCUT2D eigenvalue weighted by atomic mass is 19.3. The average Bonchev–Trinajstić information content (AvgIpc) is 3.48. The number of halogens is 2. The predicted molar refractivity (Wildman–Crippen MR) is 122 cm³/mol. The van der Waals surface area contributed by atoms with E-state index in [4.69, 9.17) is 0 Å². The molecule has 3 aromatic rings.